The molecule has 136 valence electrons. The van der Waals surface area contributed by atoms with Crippen LogP contribution in [0, 0.1) is 0 Å². The Balaban J connectivity index is 1.52. The van der Waals surface area contributed by atoms with Crippen LogP contribution in [0.1, 0.15) is 6.42 Å². The van der Waals surface area contributed by atoms with E-state index < -0.39 is 0 Å². The monoisotopic (exact) mass is 360 g/mol. The van der Waals surface area contributed by atoms with Gasteiger partial charge in [-0.25, -0.2) is 14.5 Å². The van der Waals surface area contributed by atoms with Crippen molar-refractivity contribution in [3.8, 4) is 22.6 Å². The van der Waals surface area contributed by atoms with Gasteiger partial charge in [0.1, 0.15) is 11.5 Å². The van der Waals surface area contributed by atoms with E-state index in [0.29, 0.717) is 6.04 Å². The third-order valence-electron chi connectivity index (χ3n) is 4.79. The molecule has 0 amide bonds. The summed E-state index contributed by atoms with van der Waals surface area (Å²) in [7, 11) is 1.90. The second-order valence-electron chi connectivity index (χ2n) is 6.78. The number of aryl methyl sites for hydroxylation is 1. The van der Waals surface area contributed by atoms with E-state index in [9.17, 15) is 0 Å². The largest absolute Gasteiger partial charge is 0.366 e. The van der Waals surface area contributed by atoms with Gasteiger partial charge in [0, 0.05) is 31.4 Å². The van der Waals surface area contributed by atoms with Gasteiger partial charge in [0.15, 0.2) is 5.65 Å². The normalized spacial score (nSPS) is 16.9. The van der Waals surface area contributed by atoms with Crippen LogP contribution in [-0.4, -0.2) is 48.5 Å². The van der Waals surface area contributed by atoms with Crippen molar-refractivity contribution in [1.82, 2.24) is 34.7 Å². The van der Waals surface area contributed by atoms with Crippen LogP contribution in [0.15, 0.2) is 48.9 Å². The first-order valence-electron chi connectivity index (χ1n) is 9.05. The summed E-state index contributed by atoms with van der Waals surface area (Å²) in [6.45, 7) is 2.02. The van der Waals surface area contributed by atoms with Crippen LogP contribution in [0.5, 0.6) is 0 Å². The lowest BCUT2D eigenvalue weighted by Gasteiger charge is -2.12. The van der Waals surface area contributed by atoms with E-state index in [1.165, 1.54) is 0 Å². The number of hydrogen-bond donors (Lipinski definition) is 2. The van der Waals surface area contributed by atoms with Crippen molar-refractivity contribution in [2.75, 3.05) is 18.4 Å². The number of rotatable bonds is 4. The Morgan fingerprint density at radius 1 is 1.15 bits per heavy atom. The average molecular weight is 360 g/mol. The first kappa shape index (κ1) is 16.0. The summed E-state index contributed by atoms with van der Waals surface area (Å²) in [5.74, 6) is 0.875. The van der Waals surface area contributed by atoms with Crippen molar-refractivity contribution in [2.45, 2.75) is 12.5 Å². The van der Waals surface area contributed by atoms with E-state index >= 15 is 0 Å². The number of pyridine rings is 1. The van der Waals surface area contributed by atoms with Gasteiger partial charge in [-0.3, -0.25) is 4.68 Å². The number of nitrogens with one attached hydrogen (secondary N) is 2. The third-order valence-corrected chi connectivity index (χ3v) is 4.79. The van der Waals surface area contributed by atoms with E-state index in [1.807, 2.05) is 60.5 Å². The molecule has 4 aromatic heterocycles. The van der Waals surface area contributed by atoms with E-state index in [0.717, 1.165) is 53.6 Å². The van der Waals surface area contributed by atoms with Gasteiger partial charge in [-0.15, -0.1) is 0 Å². The molecule has 8 nitrogen and oxygen atoms in total. The highest BCUT2D eigenvalue weighted by Crippen LogP contribution is 2.23. The molecule has 5 heterocycles. The van der Waals surface area contributed by atoms with Crippen molar-refractivity contribution < 1.29 is 0 Å². The summed E-state index contributed by atoms with van der Waals surface area (Å²) >= 11 is 0. The minimum absolute atomic E-state index is 0.422. The number of hydrogen-bond acceptors (Lipinski definition) is 6. The Labute approximate surface area is 156 Å². The second-order valence-corrected chi connectivity index (χ2v) is 6.78. The summed E-state index contributed by atoms with van der Waals surface area (Å²) in [5, 5.41) is 15.8. The van der Waals surface area contributed by atoms with Crippen LogP contribution >= 0.6 is 0 Å². The minimum Gasteiger partial charge on any atom is -0.366 e. The Morgan fingerprint density at radius 2 is 2.11 bits per heavy atom. The molecule has 4 aromatic rings. The predicted octanol–water partition coefficient (Wildman–Crippen LogP) is 1.97. The van der Waals surface area contributed by atoms with Crippen molar-refractivity contribution in [3.63, 3.8) is 0 Å². The average Bonchev–Trinajstić information content (AvgIpc) is 3.42. The summed E-state index contributed by atoms with van der Waals surface area (Å²) < 4.78 is 3.61. The van der Waals surface area contributed by atoms with Crippen LogP contribution in [0.2, 0.25) is 0 Å². The zero-order valence-corrected chi connectivity index (χ0v) is 15.0. The van der Waals surface area contributed by atoms with Crippen LogP contribution < -0.4 is 10.6 Å². The molecular weight excluding hydrogens is 340 g/mol. The SMILES string of the molecule is Cn1cc(-c2ccc3ncc(-c4cccc(NC5CCNC5)n4)n3n2)cn1. The smallest absolute Gasteiger partial charge is 0.154 e. The first-order valence-corrected chi connectivity index (χ1v) is 9.05. The van der Waals surface area contributed by atoms with Crippen molar-refractivity contribution >= 4 is 11.5 Å². The topological polar surface area (TPSA) is 85.0 Å². The Kier molecular flexibility index (Phi) is 3.83. The maximum Gasteiger partial charge on any atom is 0.154 e. The minimum atomic E-state index is 0.422. The quantitative estimate of drug-likeness (QED) is 0.579. The van der Waals surface area contributed by atoms with E-state index in [2.05, 4.69) is 20.7 Å². The molecule has 1 atom stereocenters. The lowest BCUT2D eigenvalue weighted by atomic mass is 10.2. The molecule has 27 heavy (non-hydrogen) atoms. The molecule has 0 bridgehead atoms. The van der Waals surface area contributed by atoms with Crippen LogP contribution in [0.3, 0.4) is 0 Å². The molecule has 0 aromatic carbocycles. The maximum absolute atomic E-state index is 4.78. The van der Waals surface area contributed by atoms with Gasteiger partial charge >= 0.3 is 0 Å². The van der Waals surface area contributed by atoms with Crippen molar-refractivity contribution in [2.24, 2.45) is 7.05 Å². The Morgan fingerprint density at radius 3 is 2.93 bits per heavy atom. The Hall–Kier alpha value is -3.26. The van der Waals surface area contributed by atoms with E-state index in [1.54, 1.807) is 4.68 Å². The van der Waals surface area contributed by atoms with Crippen LogP contribution in [0.25, 0.3) is 28.3 Å². The fourth-order valence-corrected chi connectivity index (χ4v) is 3.40. The molecule has 2 N–H and O–H groups in total. The van der Waals surface area contributed by atoms with Gasteiger partial charge < -0.3 is 10.6 Å². The lowest BCUT2D eigenvalue weighted by molar-refractivity contribution is 0.768. The summed E-state index contributed by atoms with van der Waals surface area (Å²) in [6, 6.07) is 10.3. The van der Waals surface area contributed by atoms with Crippen molar-refractivity contribution in [3.05, 3.63) is 48.9 Å². The summed E-state index contributed by atoms with van der Waals surface area (Å²) in [5.41, 5.74) is 4.31. The molecule has 0 spiro atoms. The molecule has 1 unspecified atom stereocenters. The molecule has 1 aliphatic rings. The van der Waals surface area contributed by atoms with Gasteiger partial charge in [-0.05, 0) is 37.2 Å². The number of nitrogens with zero attached hydrogens (tertiary/aromatic N) is 6. The van der Waals surface area contributed by atoms with E-state index in [4.69, 9.17) is 10.1 Å². The van der Waals surface area contributed by atoms with Gasteiger partial charge in [0.2, 0.25) is 0 Å². The zero-order chi connectivity index (χ0) is 18.2. The maximum atomic E-state index is 4.78. The van der Waals surface area contributed by atoms with Gasteiger partial charge in [-0.1, -0.05) is 6.07 Å². The molecule has 1 fully saturated rings. The number of fused-ring (bicyclic) bond motifs is 1. The zero-order valence-electron chi connectivity index (χ0n) is 15.0. The highest BCUT2D eigenvalue weighted by atomic mass is 15.3. The number of aromatic nitrogens is 6. The van der Waals surface area contributed by atoms with Crippen molar-refractivity contribution in [1.29, 1.82) is 0 Å². The second kappa shape index (κ2) is 6.48. The number of anilines is 1. The van der Waals surface area contributed by atoms with Gasteiger partial charge in [-0.2, -0.15) is 10.2 Å². The molecule has 1 aliphatic heterocycles. The highest BCUT2D eigenvalue weighted by molar-refractivity contribution is 5.64. The Bertz CT molecular complexity index is 1090. The molecular formula is C19H20N8. The fraction of sp³-hybridized carbons (Fsp3) is 0.263. The predicted molar refractivity (Wildman–Crippen MR) is 103 cm³/mol. The summed E-state index contributed by atoms with van der Waals surface area (Å²) in [4.78, 5) is 9.26. The van der Waals surface area contributed by atoms with Crippen LogP contribution in [-0.2, 0) is 7.05 Å². The molecule has 0 aliphatic carbocycles. The molecule has 0 radical (unpaired) electrons. The van der Waals surface area contributed by atoms with Gasteiger partial charge in [0.05, 0.1) is 23.8 Å². The van der Waals surface area contributed by atoms with E-state index in [-0.39, 0.29) is 0 Å². The standard InChI is InChI=1S/C19H20N8/c1-26-12-13(9-22-26)15-5-6-19-21-11-17(27(19)25-15)16-3-2-4-18(24-16)23-14-7-8-20-10-14/h2-6,9,11-12,14,20H,7-8,10H2,1H3,(H,23,24). The van der Waals surface area contributed by atoms with Crippen LogP contribution in [0.4, 0.5) is 5.82 Å². The molecule has 5 rings (SSSR count). The van der Waals surface area contributed by atoms with Gasteiger partial charge in [0.25, 0.3) is 0 Å². The lowest BCUT2D eigenvalue weighted by Crippen LogP contribution is -2.22. The number of imidazole rings is 1. The summed E-state index contributed by atoms with van der Waals surface area (Å²) in [6.07, 6.45) is 6.68. The molecule has 0 saturated carbocycles. The third kappa shape index (κ3) is 3.04. The fourth-order valence-electron chi connectivity index (χ4n) is 3.40. The molecule has 1 saturated heterocycles. The first-order chi connectivity index (χ1) is 13.3. The molecule has 8 heteroatoms. The highest BCUT2D eigenvalue weighted by Gasteiger charge is 2.15.